The van der Waals surface area contributed by atoms with Crippen LogP contribution in [0.4, 0.5) is 13.2 Å². The van der Waals surface area contributed by atoms with E-state index in [1.807, 2.05) is 0 Å². The van der Waals surface area contributed by atoms with Crippen LogP contribution in [0.15, 0.2) is 57.7 Å². The van der Waals surface area contributed by atoms with E-state index in [1.165, 1.54) is 19.2 Å². The second kappa shape index (κ2) is 9.09. The second-order valence-electron chi connectivity index (χ2n) is 7.92. The van der Waals surface area contributed by atoms with Gasteiger partial charge in [-0.1, -0.05) is 36.4 Å². The molecule has 0 saturated heterocycles. The maximum Gasteiger partial charge on any atom is 0.435 e. The predicted molar refractivity (Wildman–Crippen MR) is 125 cm³/mol. The molecule has 5 aromatic rings. The summed E-state index contributed by atoms with van der Waals surface area (Å²) in [6, 6.07) is 12.6. The number of amides is 1. The number of rotatable bonds is 7. The number of nitrogens with one attached hydrogen (secondary N) is 1. The summed E-state index contributed by atoms with van der Waals surface area (Å²) in [5.74, 6) is -0.614. The number of nitrogens with zero attached hydrogens (tertiary/aromatic N) is 3. The molecular weight excluding hydrogens is 495 g/mol. The molecule has 2 aromatic carbocycles. The van der Waals surface area contributed by atoms with Gasteiger partial charge in [0.1, 0.15) is 23.6 Å². The number of carbonyl (C=O) groups excluding carboxylic acids is 1. The van der Waals surface area contributed by atoms with E-state index in [9.17, 15) is 22.8 Å². The highest BCUT2D eigenvalue weighted by Gasteiger charge is 2.39. The van der Waals surface area contributed by atoms with E-state index in [0.29, 0.717) is 15.8 Å². The largest absolute Gasteiger partial charge is 0.494 e. The first-order valence-electron chi connectivity index (χ1n) is 10.8. The molecule has 3 heterocycles. The Kier molecular flexibility index (Phi) is 5.91. The standard InChI is InChI=1S/C24H18F3N5O5/c1-35-14-8-5-9-15-19(14)30-22(37-15)18-13(10-36-11-16(28)33)29-21-17(12-6-3-2-4-7-12)20(24(25,26)27)31-32(21)23(18)34/h2-9,29H,10-11H2,1H3,(H2,28,33). The highest BCUT2D eigenvalue weighted by Crippen LogP contribution is 2.39. The average Bonchev–Trinajstić information content (AvgIpc) is 3.46. The van der Waals surface area contributed by atoms with Crippen LogP contribution >= 0.6 is 0 Å². The van der Waals surface area contributed by atoms with Crippen LogP contribution in [0.25, 0.3) is 39.3 Å². The minimum Gasteiger partial charge on any atom is -0.494 e. The fourth-order valence-corrected chi connectivity index (χ4v) is 3.97. The SMILES string of the molecule is COc1cccc2oc(-c3c(COCC(N)=O)[nH]c4c(-c5ccccc5)c(C(F)(F)F)nn4c3=O)nc12. The monoisotopic (exact) mass is 513 g/mol. The molecular formula is C24H18F3N5O5. The van der Waals surface area contributed by atoms with Crippen LogP contribution in [0.5, 0.6) is 5.75 Å². The van der Waals surface area contributed by atoms with Crippen molar-refractivity contribution >= 4 is 22.7 Å². The van der Waals surface area contributed by atoms with Crippen molar-refractivity contribution in [2.75, 3.05) is 13.7 Å². The Balaban J connectivity index is 1.82. The van der Waals surface area contributed by atoms with E-state index in [0.717, 1.165) is 0 Å². The lowest BCUT2D eigenvalue weighted by Gasteiger charge is -2.10. The zero-order valence-corrected chi connectivity index (χ0v) is 19.1. The summed E-state index contributed by atoms with van der Waals surface area (Å²) in [4.78, 5) is 32.0. The lowest BCUT2D eigenvalue weighted by Crippen LogP contribution is -2.22. The maximum atomic E-state index is 14.0. The quantitative estimate of drug-likeness (QED) is 0.340. The van der Waals surface area contributed by atoms with E-state index < -0.39 is 29.9 Å². The zero-order valence-electron chi connectivity index (χ0n) is 19.1. The smallest absolute Gasteiger partial charge is 0.435 e. The third-order valence-corrected chi connectivity index (χ3v) is 5.50. The molecule has 3 aromatic heterocycles. The van der Waals surface area contributed by atoms with Gasteiger partial charge in [0.05, 0.1) is 25.0 Å². The van der Waals surface area contributed by atoms with Gasteiger partial charge in [-0.15, -0.1) is 0 Å². The summed E-state index contributed by atoms with van der Waals surface area (Å²) in [5.41, 5.74) is 2.93. The van der Waals surface area contributed by atoms with E-state index in [4.69, 9.17) is 19.6 Å². The summed E-state index contributed by atoms with van der Waals surface area (Å²) in [5, 5.41) is 3.62. The minimum atomic E-state index is -4.87. The molecule has 0 atom stereocenters. The van der Waals surface area contributed by atoms with E-state index in [-0.39, 0.29) is 46.1 Å². The number of H-pyrrole nitrogens is 1. The molecule has 3 N–H and O–H groups in total. The van der Waals surface area contributed by atoms with Crippen molar-refractivity contribution in [3.63, 3.8) is 0 Å². The number of ether oxygens (including phenoxy) is 2. The Morgan fingerprint density at radius 1 is 1.14 bits per heavy atom. The summed E-state index contributed by atoms with van der Waals surface area (Å²) < 4.78 is 59.0. The number of hydrogen-bond donors (Lipinski definition) is 2. The number of oxazole rings is 1. The van der Waals surface area contributed by atoms with Crippen molar-refractivity contribution in [3.8, 4) is 28.3 Å². The summed E-state index contributed by atoms with van der Waals surface area (Å²) >= 11 is 0. The van der Waals surface area contributed by atoms with Gasteiger partial charge in [-0.05, 0) is 17.7 Å². The Hall–Kier alpha value is -4.65. The second-order valence-corrected chi connectivity index (χ2v) is 7.92. The van der Waals surface area contributed by atoms with Crippen molar-refractivity contribution in [1.29, 1.82) is 0 Å². The van der Waals surface area contributed by atoms with Gasteiger partial charge in [-0.25, -0.2) is 4.98 Å². The van der Waals surface area contributed by atoms with Gasteiger partial charge in [0.2, 0.25) is 11.8 Å². The Morgan fingerprint density at radius 2 is 1.89 bits per heavy atom. The number of aromatic amines is 1. The summed E-state index contributed by atoms with van der Waals surface area (Å²) in [6.45, 7) is -0.882. The molecule has 0 bridgehead atoms. The van der Waals surface area contributed by atoms with Crippen LogP contribution in [0.2, 0.25) is 0 Å². The Labute approximate surface area is 205 Å². The summed E-state index contributed by atoms with van der Waals surface area (Å²) in [7, 11) is 1.43. The van der Waals surface area contributed by atoms with Gasteiger partial charge in [0.25, 0.3) is 5.56 Å². The van der Waals surface area contributed by atoms with Gasteiger partial charge < -0.3 is 24.6 Å². The first-order valence-corrected chi connectivity index (χ1v) is 10.8. The highest BCUT2D eigenvalue weighted by molar-refractivity contribution is 5.84. The average molecular weight is 513 g/mol. The highest BCUT2D eigenvalue weighted by atomic mass is 19.4. The molecule has 5 rings (SSSR count). The third-order valence-electron chi connectivity index (χ3n) is 5.50. The fraction of sp³-hybridized carbons (Fsp3) is 0.167. The predicted octanol–water partition coefficient (Wildman–Crippen LogP) is 3.53. The third kappa shape index (κ3) is 4.29. The van der Waals surface area contributed by atoms with Crippen LogP contribution in [-0.4, -0.2) is 39.2 Å². The van der Waals surface area contributed by atoms with Gasteiger partial charge in [-0.3, -0.25) is 9.59 Å². The lowest BCUT2D eigenvalue weighted by atomic mass is 10.1. The van der Waals surface area contributed by atoms with Gasteiger partial charge >= 0.3 is 6.18 Å². The van der Waals surface area contributed by atoms with Gasteiger partial charge in [0.15, 0.2) is 16.8 Å². The van der Waals surface area contributed by atoms with Crippen molar-refractivity contribution < 1.29 is 31.9 Å². The number of para-hydroxylation sites is 1. The zero-order chi connectivity index (χ0) is 26.3. The fourth-order valence-electron chi connectivity index (χ4n) is 3.97. The number of halogens is 3. The van der Waals surface area contributed by atoms with E-state index in [2.05, 4.69) is 15.1 Å². The van der Waals surface area contributed by atoms with Crippen LogP contribution in [0.3, 0.4) is 0 Å². The van der Waals surface area contributed by atoms with E-state index in [1.54, 1.807) is 36.4 Å². The molecule has 0 aliphatic carbocycles. The van der Waals surface area contributed by atoms with Crippen molar-refractivity contribution in [1.82, 2.24) is 19.6 Å². The van der Waals surface area contributed by atoms with Crippen LogP contribution in [0, 0.1) is 0 Å². The number of carbonyl (C=O) groups is 1. The molecule has 0 saturated carbocycles. The number of fused-ring (bicyclic) bond motifs is 2. The first kappa shape index (κ1) is 24.1. The van der Waals surface area contributed by atoms with Gasteiger partial charge in [-0.2, -0.15) is 22.8 Å². The number of alkyl halides is 3. The van der Waals surface area contributed by atoms with E-state index >= 15 is 0 Å². The minimum absolute atomic E-state index is 0.00933. The number of aromatic nitrogens is 4. The number of nitrogens with two attached hydrogens (primary N) is 1. The topological polar surface area (TPSA) is 138 Å². The number of methoxy groups -OCH3 is 1. The molecule has 190 valence electrons. The maximum absolute atomic E-state index is 14.0. The molecule has 0 radical (unpaired) electrons. The Morgan fingerprint density at radius 3 is 2.57 bits per heavy atom. The van der Waals surface area contributed by atoms with Crippen molar-refractivity contribution in [2.24, 2.45) is 5.73 Å². The molecule has 13 heteroatoms. The molecule has 0 fully saturated rings. The van der Waals surface area contributed by atoms with Crippen molar-refractivity contribution in [3.05, 3.63) is 70.3 Å². The molecule has 0 spiro atoms. The summed E-state index contributed by atoms with van der Waals surface area (Å²) in [6.07, 6.45) is -4.87. The normalized spacial score (nSPS) is 11.9. The molecule has 37 heavy (non-hydrogen) atoms. The molecule has 1 amide bonds. The molecule has 0 unspecified atom stereocenters. The Bertz CT molecular complexity index is 1690. The molecule has 10 nitrogen and oxygen atoms in total. The number of hydrogen-bond acceptors (Lipinski definition) is 7. The van der Waals surface area contributed by atoms with Crippen LogP contribution in [-0.2, 0) is 22.3 Å². The van der Waals surface area contributed by atoms with Crippen LogP contribution in [0.1, 0.15) is 11.4 Å². The molecule has 0 aliphatic rings. The van der Waals surface area contributed by atoms with Crippen LogP contribution < -0.4 is 16.0 Å². The van der Waals surface area contributed by atoms with Gasteiger partial charge in [0, 0.05) is 0 Å². The number of benzene rings is 2. The van der Waals surface area contributed by atoms with Crippen molar-refractivity contribution in [2.45, 2.75) is 12.8 Å². The molecule has 0 aliphatic heterocycles. The lowest BCUT2D eigenvalue weighted by molar-refractivity contribution is -0.140. The first-order chi connectivity index (χ1) is 17.7. The number of primary amides is 1.